The quantitative estimate of drug-likeness (QED) is 0.846. The third-order valence-corrected chi connectivity index (χ3v) is 4.22. The number of aryl methyl sites for hydroxylation is 2. The Bertz CT molecular complexity index is 550. The number of carbonyl (C=O) groups excluding carboxylic acids is 1. The summed E-state index contributed by atoms with van der Waals surface area (Å²) in [5.74, 6) is -0.853. The lowest BCUT2D eigenvalue weighted by molar-refractivity contribution is -0.142. The third-order valence-electron chi connectivity index (χ3n) is 4.22. The summed E-state index contributed by atoms with van der Waals surface area (Å²) in [4.78, 5) is 23.5. The molecule has 1 aromatic carbocycles. The van der Waals surface area contributed by atoms with Crippen LogP contribution < -0.4 is 5.32 Å². The molecule has 0 saturated carbocycles. The fourth-order valence-corrected chi connectivity index (χ4v) is 2.61. The van der Waals surface area contributed by atoms with Crippen LogP contribution in [0.3, 0.4) is 0 Å². The minimum absolute atomic E-state index is 0.225. The van der Waals surface area contributed by atoms with Gasteiger partial charge in [-0.3, -0.25) is 4.79 Å². The van der Waals surface area contributed by atoms with Gasteiger partial charge in [-0.05, 0) is 49.3 Å². The summed E-state index contributed by atoms with van der Waals surface area (Å²) in [6, 6.07) is 4.46. The molecule has 1 fully saturated rings. The minimum atomic E-state index is -1.04. The van der Waals surface area contributed by atoms with Crippen LogP contribution in [0, 0.1) is 19.8 Å². The Labute approximate surface area is 130 Å². The lowest BCUT2D eigenvalue weighted by Crippen LogP contribution is -2.34. The first-order valence-corrected chi connectivity index (χ1v) is 7.64. The van der Waals surface area contributed by atoms with Crippen LogP contribution in [0.1, 0.15) is 42.0 Å². The maximum atomic E-state index is 12.0. The van der Waals surface area contributed by atoms with Crippen LogP contribution >= 0.6 is 0 Å². The summed E-state index contributed by atoms with van der Waals surface area (Å²) in [7, 11) is 0. The predicted octanol–water partition coefficient (Wildman–Crippen LogP) is 2.36. The summed E-state index contributed by atoms with van der Waals surface area (Å²) in [5.41, 5.74) is 2.72. The number of aliphatic carboxylic acids is 1. The fourth-order valence-electron chi connectivity index (χ4n) is 2.61. The molecule has 1 heterocycles. The Hall–Kier alpha value is -1.88. The van der Waals surface area contributed by atoms with Crippen molar-refractivity contribution in [3.8, 4) is 0 Å². The predicted molar refractivity (Wildman–Crippen MR) is 82.6 cm³/mol. The number of carboxylic acids is 1. The van der Waals surface area contributed by atoms with Gasteiger partial charge in [-0.1, -0.05) is 18.2 Å². The normalized spacial score (nSPS) is 18.9. The Balaban J connectivity index is 1.97. The van der Waals surface area contributed by atoms with E-state index in [2.05, 4.69) is 5.32 Å². The third kappa shape index (κ3) is 4.31. The Morgan fingerprint density at radius 1 is 1.36 bits per heavy atom. The second-order valence-corrected chi connectivity index (χ2v) is 5.95. The largest absolute Gasteiger partial charge is 0.479 e. The van der Waals surface area contributed by atoms with Crippen molar-refractivity contribution in [1.29, 1.82) is 0 Å². The molecule has 0 aromatic heterocycles. The first kappa shape index (κ1) is 16.5. The smallest absolute Gasteiger partial charge is 0.330 e. The zero-order valence-electron chi connectivity index (χ0n) is 13.1. The van der Waals surface area contributed by atoms with Gasteiger partial charge >= 0.3 is 5.97 Å². The van der Waals surface area contributed by atoms with Crippen molar-refractivity contribution in [2.24, 2.45) is 5.92 Å². The second-order valence-electron chi connectivity index (χ2n) is 5.95. The summed E-state index contributed by atoms with van der Waals surface area (Å²) >= 11 is 0. The molecule has 2 rings (SSSR count). The van der Waals surface area contributed by atoms with E-state index in [0.717, 1.165) is 30.6 Å². The number of hydrogen-bond acceptors (Lipinski definition) is 3. The molecule has 0 radical (unpaired) electrons. The molecule has 1 aliphatic rings. The molecule has 120 valence electrons. The van der Waals surface area contributed by atoms with Gasteiger partial charge in [0.1, 0.15) is 0 Å². The van der Waals surface area contributed by atoms with Gasteiger partial charge in [0.25, 0.3) is 0 Å². The van der Waals surface area contributed by atoms with Crippen LogP contribution in [0.2, 0.25) is 0 Å². The van der Waals surface area contributed by atoms with Crippen molar-refractivity contribution >= 4 is 11.9 Å². The molecule has 1 aliphatic heterocycles. The number of benzene rings is 1. The average Bonchev–Trinajstić information content (AvgIpc) is 2.98. The Kier molecular flexibility index (Phi) is 5.55. The van der Waals surface area contributed by atoms with E-state index in [0.29, 0.717) is 24.5 Å². The van der Waals surface area contributed by atoms with E-state index in [4.69, 9.17) is 4.74 Å². The van der Waals surface area contributed by atoms with Gasteiger partial charge in [0.15, 0.2) is 6.04 Å². The van der Waals surface area contributed by atoms with Gasteiger partial charge in [0.2, 0.25) is 5.91 Å². The molecule has 0 spiro atoms. The topological polar surface area (TPSA) is 75.6 Å². The monoisotopic (exact) mass is 305 g/mol. The first-order valence-electron chi connectivity index (χ1n) is 7.64. The van der Waals surface area contributed by atoms with E-state index in [-0.39, 0.29) is 5.91 Å². The molecular weight excluding hydrogens is 282 g/mol. The van der Waals surface area contributed by atoms with E-state index in [1.165, 1.54) is 0 Å². The lowest BCUT2D eigenvalue weighted by Gasteiger charge is -2.17. The summed E-state index contributed by atoms with van der Waals surface area (Å²) in [6.45, 7) is 5.36. The van der Waals surface area contributed by atoms with Gasteiger partial charge < -0.3 is 15.2 Å². The van der Waals surface area contributed by atoms with Crippen LogP contribution in [0.5, 0.6) is 0 Å². The van der Waals surface area contributed by atoms with Crippen LogP contribution in [-0.4, -0.2) is 30.2 Å². The number of hydrogen-bond donors (Lipinski definition) is 2. The van der Waals surface area contributed by atoms with Gasteiger partial charge in [0.05, 0.1) is 0 Å². The van der Waals surface area contributed by atoms with Gasteiger partial charge in [-0.15, -0.1) is 0 Å². The summed E-state index contributed by atoms with van der Waals surface area (Å²) in [6.07, 6.45) is 2.06. The number of carbonyl (C=O) groups is 2. The van der Waals surface area contributed by atoms with Crippen molar-refractivity contribution in [3.05, 3.63) is 34.9 Å². The summed E-state index contributed by atoms with van der Waals surface area (Å²) < 4.78 is 5.28. The molecule has 5 nitrogen and oxygen atoms in total. The van der Waals surface area contributed by atoms with Crippen molar-refractivity contribution in [1.82, 2.24) is 5.32 Å². The van der Waals surface area contributed by atoms with Gasteiger partial charge in [0, 0.05) is 19.6 Å². The molecule has 1 saturated heterocycles. The Morgan fingerprint density at radius 3 is 2.73 bits per heavy atom. The fraction of sp³-hybridized carbons (Fsp3) is 0.529. The van der Waals surface area contributed by atoms with Crippen LogP contribution in [-0.2, 0) is 14.3 Å². The van der Waals surface area contributed by atoms with Crippen molar-refractivity contribution < 1.29 is 19.4 Å². The van der Waals surface area contributed by atoms with Gasteiger partial charge in [-0.2, -0.15) is 0 Å². The second kappa shape index (κ2) is 7.40. The molecule has 22 heavy (non-hydrogen) atoms. The molecule has 0 aliphatic carbocycles. The average molecular weight is 305 g/mol. The number of ether oxygens (including phenoxy) is 1. The number of carboxylic acid groups (broad SMARTS) is 1. The van der Waals surface area contributed by atoms with Crippen molar-refractivity contribution in [3.63, 3.8) is 0 Å². The van der Waals surface area contributed by atoms with E-state index >= 15 is 0 Å². The standard InChI is InChI=1S/C17H23NO4/c1-11-3-5-14(9-12(11)2)16(17(20)21)18-15(19)6-4-13-7-8-22-10-13/h3,5,9,13,16H,4,6-8,10H2,1-2H3,(H,18,19)(H,20,21). The van der Waals surface area contributed by atoms with Crippen LogP contribution in [0.4, 0.5) is 0 Å². The maximum Gasteiger partial charge on any atom is 0.330 e. The zero-order valence-corrected chi connectivity index (χ0v) is 13.1. The highest BCUT2D eigenvalue weighted by Crippen LogP contribution is 2.20. The van der Waals surface area contributed by atoms with Crippen molar-refractivity contribution in [2.75, 3.05) is 13.2 Å². The zero-order chi connectivity index (χ0) is 16.1. The van der Waals surface area contributed by atoms with Crippen LogP contribution in [0.15, 0.2) is 18.2 Å². The highest BCUT2D eigenvalue weighted by atomic mass is 16.5. The van der Waals surface area contributed by atoms with Gasteiger partial charge in [-0.25, -0.2) is 4.79 Å². The molecule has 5 heteroatoms. The molecule has 1 aromatic rings. The van der Waals surface area contributed by atoms with Crippen molar-refractivity contribution in [2.45, 2.75) is 39.2 Å². The highest BCUT2D eigenvalue weighted by Gasteiger charge is 2.23. The van der Waals surface area contributed by atoms with E-state index in [9.17, 15) is 14.7 Å². The molecule has 2 atom stereocenters. The number of rotatable bonds is 6. The highest BCUT2D eigenvalue weighted by molar-refractivity contribution is 5.84. The SMILES string of the molecule is Cc1ccc(C(NC(=O)CCC2CCOC2)C(=O)O)cc1C. The minimum Gasteiger partial charge on any atom is -0.479 e. The first-order chi connectivity index (χ1) is 10.5. The van der Waals surface area contributed by atoms with E-state index in [1.54, 1.807) is 6.07 Å². The number of amides is 1. The number of nitrogens with one attached hydrogen (secondary N) is 1. The summed E-state index contributed by atoms with van der Waals surface area (Å²) in [5, 5.41) is 12.0. The maximum absolute atomic E-state index is 12.0. The molecule has 2 N–H and O–H groups in total. The van der Waals surface area contributed by atoms with E-state index in [1.807, 2.05) is 26.0 Å². The molecule has 1 amide bonds. The Morgan fingerprint density at radius 2 is 2.14 bits per heavy atom. The van der Waals surface area contributed by atoms with E-state index < -0.39 is 12.0 Å². The van der Waals surface area contributed by atoms with Crippen LogP contribution in [0.25, 0.3) is 0 Å². The molecule has 0 bridgehead atoms. The molecule has 2 unspecified atom stereocenters. The lowest BCUT2D eigenvalue weighted by atomic mass is 10.00. The molecular formula is C17H23NO4.